The summed E-state index contributed by atoms with van der Waals surface area (Å²) in [5.74, 6) is -0.0975. The van der Waals surface area contributed by atoms with E-state index in [-0.39, 0.29) is 11.9 Å². The van der Waals surface area contributed by atoms with Gasteiger partial charge in [0.15, 0.2) is 0 Å². The van der Waals surface area contributed by atoms with Crippen LogP contribution in [-0.2, 0) is 11.3 Å². The zero-order valence-electron chi connectivity index (χ0n) is 13.1. The van der Waals surface area contributed by atoms with Crippen LogP contribution >= 0.6 is 15.9 Å². The molecule has 0 spiro atoms. The Morgan fingerprint density at radius 1 is 1.30 bits per heavy atom. The highest BCUT2D eigenvalue weighted by Gasteiger charge is 2.18. The van der Waals surface area contributed by atoms with Crippen molar-refractivity contribution >= 4 is 27.5 Å². The maximum atomic E-state index is 12.4. The van der Waals surface area contributed by atoms with Crippen molar-refractivity contribution in [3.05, 3.63) is 64.1 Å². The zero-order chi connectivity index (χ0) is 16.8. The van der Waals surface area contributed by atoms with E-state index in [9.17, 15) is 4.79 Å². The van der Waals surface area contributed by atoms with E-state index in [4.69, 9.17) is 5.26 Å². The van der Waals surface area contributed by atoms with Gasteiger partial charge in [0.25, 0.3) is 0 Å². The summed E-state index contributed by atoms with van der Waals surface area (Å²) >= 11 is 3.41. The number of hydrogen-bond donors (Lipinski definition) is 1. The van der Waals surface area contributed by atoms with Gasteiger partial charge in [-0.1, -0.05) is 34.1 Å². The van der Waals surface area contributed by atoms with Crippen molar-refractivity contribution in [2.24, 2.45) is 0 Å². The number of carbonyl (C=O) groups is 1. The smallest absolute Gasteiger partial charge is 0.241 e. The molecule has 1 atom stereocenters. The molecule has 5 heteroatoms. The summed E-state index contributed by atoms with van der Waals surface area (Å²) < 4.78 is 1.03. The summed E-state index contributed by atoms with van der Waals surface area (Å²) in [7, 11) is 1.91. The largest absolute Gasteiger partial charge is 0.325 e. The van der Waals surface area contributed by atoms with Crippen molar-refractivity contribution < 1.29 is 4.79 Å². The fourth-order valence-corrected chi connectivity index (χ4v) is 2.39. The van der Waals surface area contributed by atoms with Crippen molar-refractivity contribution in [3.63, 3.8) is 0 Å². The lowest BCUT2D eigenvalue weighted by Gasteiger charge is -2.24. The molecule has 4 nitrogen and oxygen atoms in total. The topological polar surface area (TPSA) is 56.1 Å². The molecule has 0 saturated heterocycles. The average Bonchev–Trinajstić information content (AvgIpc) is 2.56. The Kier molecular flexibility index (Phi) is 5.91. The fraction of sp³-hybridized carbons (Fsp3) is 0.222. The van der Waals surface area contributed by atoms with Crippen molar-refractivity contribution in [2.45, 2.75) is 19.5 Å². The molecule has 0 fully saturated rings. The maximum Gasteiger partial charge on any atom is 0.241 e. The molecule has 23 heavy (non-hydrogen) atoms. The zero-order valence-corrected chi connectivity index (χ0v) is 14.7. The highest BCUT2D eigenvalue weighted by atomic mass is 79.9. The SMILES string of the molecule is C[C@H](C(=O)Nc1cccc(C#N)c1)N(C)Cc1ccc(Br)cc1. The number of benzene rings is 2. The second-order valence-corrected chi connectivity index (χ2v) is 6.32. The predicted molar refractivity (Wildman–Crippen MR) is 94.9 cm³/mol. The maximum absolute atomic E-state index is 12.4. The molecule has 1 amide bonds. The first-order chi connectivity index (χ1) is 11.0. The first-order valence-corrected chi connectivity index (χ1v) is 8.04. The summed E-state index contributed by atoms with van der Waals surface area (Å²) in [6.45, 7) is 2.54. The molecule has 118 valence electrons. The van der Waals surface area contributed by atoms with Gasteiger partial charge in [0.1, 0.15) is 0 Å². The van der Waals surface area contributed by atoms with Crippen LogP contribution < -0.4 is 5.32 Å². The summed E-state index contributed by atoms with van der Waals surface area (Å²) in [5.41, 5.74) is 2.30. The van der Waals surface area contributed by atoms with Gasteiger partial charge in [-0.2, -0.15) is 5.26 Å². The van der Waals surface area contributed by atoms with Gasteiger partial charge >= 0.3 is 0 Å². The van der Waals surface area contributed by atoms with E-state index in [0.717, 1.165) is 10.0 Å². The van der Waals surface area contributed by atoms with E-state index in [1.165, 1.54) is 0 Å². The lowest BCUT2D eigenvalue weighted by atomic mass is 10.1. The molecule has 1 N–H and O–H groups in total. The molecule has 0 unspecified atom stereocenters. The lowest BCUT2D eigenvalue weighted by molar-refractivity contribution is -0.120. The van der Waals surface area contributed by atoms with Gasteiger partial charge < -0.3 is 5.32 Å². The highest BCUT2D eigenvalue weighted by molar-refractivity contribution is 9.10. The lowest BCUT2D eigenvalue weighted by Crippen LogP contribution is -2.39. The molecule has 2 rings (SSSR count). The second-order valence-electron chi connectivity index (χ2n) is 5.40. The van der Waals surface area contributed by atoms with Crippen LogP contribution in [0.15, 0.2) is 53.0 Å². The Labute approximate surface area is 144 Å². The number of amides is 1. The second kappa shape index (κ2) is 7.91. The molecule has 2 aromatic carbocycles. The van der Waals surface area contributed by atoms with Crippen LogP contribution in [0, 0.1) is 11.3 Å². The van der Waals surface area contributed by atoms with E-state index >= 15 is 0 Å². The predicted octanol–water partition coefficient (Wildman–Crippen LogP) is 3.78. The van der Waals surface area contributed by atoms with E-state index in [1.807, 2.05) is 43.1 Å². The number of nitrogens with one attached hydrogen (secondary N) is 1. The van der Waals surface area contributed by atoms with Crippen LogP contribution in [-0.4, -0.2) is 23.9 Å². The minimum Gasteiger partial charge on any atom is -0.325 e. The number of likely N-dealkylation sites (N-methyl/N-ethyl adjacent to an activating group) is 1. The molecular weight excluding hydrogens is 354 g/mol. The molecule has 0 radical (unpaired) electrons. The Hall–Kier alpha value is -2.16. The third kappa shape index (κ3) is 4.92. The van der Waals surface area contributed by atoms with Crippen molar-refractivity contribution in [1.82, 2.24) is 4.90 Å². The minimum absolute atomic E-state index is 0.0975. The van der Waals surface area contributed by atoms with Crippen LogP contribution in [0.3, 0.4) is 0 Å². The molecule has 0 aliphatic heterocycles. The van der Waals surface area contributed by atoms with Crippen LogP contribution in [0.25, 0.3) is 0 Å². The fourth-order valence-electron chi connectivity index (χ4n) is 2.13. The van der Waals surface area contributed by atoms with Gasteiger partial charge in [0, 0.05) is 16.7 Å². The van der Waals surface area contributed by atoms with Crippen LogP contribution in [0.5, 0.6) is 0 Å². The number of nitrogens with zero attached hydrogens (tertiary/aromatic N) is 2. The molecular formula is C18H18BrN3O. The monoisotopic (exact) mass is 371 g/mol. The summed E-state index contributed by atoms with van der Waals surface area (Å²) in [5, 5.41) is 11.8. The highest BCUT2D eigenvalue weighted by Crippen LogP contribution is 2.14. The molecule has 2 aromatic rings. The first-order valence-electron chi connectivity index (χ1n) is 7.25. The minimum atomic E-state index is -0.288. The van der Waals surface area contributed by atoms with E-state index in [0.29, 0.717) is 17.8 Å². The van der Waals surface area contributed by atoms with Crippen LogP contribution in [0.1, 0.15) is 18.1 Å². The van der Waals surface area contributed by atoms with Gasteiger partial charge in [0.05, 0.1) is 17.7 Å². The normalized spacial score (nSPS) is 11.8. The average molecular weight is 372 g/mol. The molecule has 0 heterocycles. The van der Waals surface area contributed by atoms with Gasteiger partial charge in [-0.25, -0.2) is 0 Å². The number of carbonyl (C=O) groups excluding carboxylic acids is 1. The number of anilines is 1. The van der Waals surface area contributed by atoms with E-state index in [1.54, 1.807) is 24.3 Å². The van der Waals surface area contributed by atoms with Crippen LogP contribution in [0.4, 0.5) is 5.69 Å². The molecule has 0 aliphatic rings. The summed E-state index contributed by atoms with van der Waals surface area (Å²) in [6.07, 6.45) is 0. The first kappa shape index (κ1) is 17.2. The van der Waals surface area contributed by atoms with Gasteiger partial charge in [-0.05, 0) is 49.9 Å². The summed E-state index contributed by atoms with van der Waals surface area (Å²) in [6, 6.07) is 16.7. The number of hydrogen-bond acceptors (Lipinski definition) is 3. The number of halogens is 1. The Balaban J connectivity index is 1.98. The van der Waals surface area contributed by atoms with Gasteiger partial charge in [0.2, 0.25) is 5.91 Å². The van der Waals surface area contributed by atoms with Crippen molar-refractivity contribution in [3.8, 4) is 6.07 Å². The Morgan fingerprint density at radius 3 is 2.65 bits per heavy atom. The molecule has 0 aliphatic carbocycles. The molecule has 0 aromatic heterocycles. The van der Waals surface area contributed by atoms with Gasteiger partial charge in [-0.15, -0.1) is 0 Å². The van der Waals surface area contributed by atoms with Crippen LogP contribution in [0.2, 0.25) is 0 Å². The third-order valence-corrected chi connectivity index (χ3v) is 4.17. The Bertz CT molecular complexity index is 722. The number of rotatable bonds is 5. The third-order valence-electron chi connectivity index (χ3n) is 3.65. The quantitative estimate of drug-likeness (QED) is 0.869. The van der Waals surface area contributed by atoms with Crippen molar-refractivity contribution in [2.75, 3.05) is 12.4 Å². The van der Waals surface area contributed by atoms with Crippen molar-refractivity contribution in [1.29, 1.82) is 5.26 Å². The molecule has 0 bridgehead atoms. The standard InChI is InChI=1S/C18H18BrN3O/c1-13(22(2)12-14-6-8-16(19)9-7-14)18(23)21-17-5-3-4-15(10-17)11-20/h3-10,13H,12H2,1-2H3,(H,21,23)/t13-/m1/s1. The van der Waals surface area contributed by atoms with E-state index < -0.39 is 0 Å². The Morgan fingerprint density at radius 2 is 2.00 bits per heavy atom. The van der Waals surface area contributed by atoms with Gasteiger partial charge in [-0.3, -0.25) is 9.69 Å². The number of nitriles is 1. The summed E-state index contributed by atoms with van der Waals surface area (Å²) in [4.78, 5) is 14.3. The molecule has 0 saturated carbocycles. The van der Waals surface area contributed by atoms with E-state index in [2.05, 4.69) is 27.3 Å².